The van der Waals surface area contributed by atoms with Gasteiger partial charge in [0.05, 0.1) is 13.1 Å². The zero-order valence-electron chi connectivity index (χ0n) is 13.1. The van der Waals surface area contributed by atoms with Crippen molar-refractivity contribution in [2.45, 2.75) is 33.4 Å². The molecular formula is C16H21N3O3. The van der Waals surface area contributed by atoms with E-state index in [9.17, 15) is 14.4 Å². The van der Waals surface area contributed by atoms with Crippen LogP contribution in [0, 0.1) is 5.92 Å². The molecule has 1 atom stereocenters. The van der Waals surface area contributed by atoms with Gasteiger partial charge in [-0.15, -0.1) is 0 Å². The number of benzene rings is 1. The molecule has 1 aromatic rings. The van der Waals surface area contributed by atoms with Crippen LogP contribution < -0.4 is 10.6 Å². The minimum atomic E-state index is -0.377. The molecule has 0 radical (unpaired) electrons. The van der Waals surface area contributed by atoms with E-state index in [-0.39, 0.29) is 37.0 Å². The van der Waals surface area contributed by atoms with Crippen molar-refractivity contribution in [1.82, 2.24) is 15.5 Å². The molecule has 1 fully saturated rings. The van der Waals surface area contributed by atoms with E-state index in [1.54, 1.807) is 24.3 Å². The van der Waals surface area contributed by atoms with Crippen molar-refractivity contribution in [3.63, 3.8) is 0 Å². The third-order valence-electron chi connectivity index (χ3n) is 3.85. The summed E-state index contributed by atoms with van der Waals surface area (Å²) in [5.41, 5.74) is 1.37. The van der Waals surface area contributed by atoms with Gasteiger partial charge in [-0.25, -0.2) is 4.79 Å². The quantitative estimate of drug-likeness (QED) is 0.809. The number of hydrogen-bond donors (Lipinski definition) is 2. The first-order chi connectivity index (χ1) is 10.4. The number of rotatable bonds is 5. The SMILES string of the molecule is CC(C)C(C)NC(=O)c1ccc(CN2C(=O)CNC2=O)cc1. The third kappa shape index (κ3) is 3.63. The predicted molar refractivity (Wildman–Crippen MR) is 82.2 cm³/mol. The number of nitrogens with zero attached hydrogens (tertiary/aromatic N) is 1. The van der Waals surface area contributed by atoms with Gasteiger partial charge < -0.3 is 10.6 Å². The summed E-state index contributed by atoms with van der Waals surface area (Å²) in [7, 11) is 0. The lowest BCUT2D eigenvalue weighted by atomic mass is 10.1. The van der Waals surface area contributed by atoms with Crippen molar-refractivity contribution in [2.75, 3.05) is 6.54 Å². The zero-order valence-corrected chi connectivity index (χ0v) is 13.1. The van der Waals surface area contributed by atoms with Gasteiger partial charge in [-0.05, 0) is 30.5 Å². The molecule has 0 saturated carbocycles. The second-order valence-corrected chi connectivity index (χ2v) is 5.84. The van der Waals surface area contributed by atoms with E-state index in [2.05, 4.69) is 10.6 Å². The minimum absolute atomic E-state index is 0.0480. The van der Waals surface area contributed by atoms with Crippen molar-refractivity contribution in [3.8, 4) is 0 Å². The summed E-state index contributed by atoms with van der Waals surface area (Å²) in [5, 5.41) is 5.41. The highest BCUT2D eigenvalue weighted by Crippen LogP contribution is 2.11. The highest BCUT2D eigenvalue weighted by atomic mass is 16.2. The van der Waals surface area contributed by atoms with E-state index in [4.69, 9.17) is 0 Å². The van der Waals surface area contributed by atoms with Gasteiger partial charge in [-0.1, -0.05) is 26.0 Å². The molecule has 0 spiro atoms. The van der Waals surface area contributed by atoms with Gasteiger partial charge in [-0.3, -0.25) is 14.5 Å². The number of nitrogens with one attached hydrogen (secondary N) is 2. The molecule has 0 aromatic heterocycles. The number of amides is 4. The topological polar surface area (TPSA) is 78.5 Å². The second kappa shape index (κ2) is 6.60. The number of carbonyl (C=O) groups excluding carboxylic acids is 3. The Hall–Kier alpha value is -2.37. The summed E-state index contributed by atoms with van der Waals surface area (Å²) in [6.45, 7) is 6.33. The molecule has 0 aliphatic carbocycles. The number of hydrogen-bond acceptors (Lipinski definition) is 3. The molecule has 1 aliphatic heterocycles. The van der Waals surface area contributed by atoms with Crippen LogP contribution in [0.5, 0.6) is 0 Å². The van der Waals surface area contributed by atoms with E-state index in [1.807, 2.05) is 20.8 Å². The molecule has 22 heavy (non-hydrogen) atoms. The lowest BCUT2D eigenvalue weighted by Gasteiger charge is -2.17. The fourth-order valence-electron chi connectivity index (χ4n) is 2.02. The van der Waals surface area contributed by atoms with E-state index < -0.39 is 0 Å². The van der Waals surface area contributed by atoms with Crippen LogP contribution >= 0.6 is 0 Å². The Morgan fingerprint density at radius 1 is 1.23 bits per heavy atom. The lowest BCUT2D eigenvalue weighted by molar-refractivity contribution is -0.125. The highest BCUT2D eigenvalue weighted by Gasteiger charge is 2.28. The van der Waals surface area contributed by atoms with Crippen molar-refractivity contribution < 1.29 is 14.4 Å². The van der Waals surface area contributed by atoms with Crippen LogP contribution in [0.1, 0.15) is 36.7 Å². The Bertz CT molecular complexity index is 565. The molecule has 118 valence electrons. The van der Waals surface area contributed by atoms with E-state index in [1.165, 1.54) is 0 Å². The average Bonchev–Trinajstić information content (AvgIpc) is 2.79. The van der Waals surface area contributed by atoms with Gasteiger partial charge in [0.2, 0.25) is 5.91 Å². The van der Waals surface area contributed by atoms with Gasteiger partial charge in [0, 0.05) is 11.6 Å². The third-order valence-corrected chi connectivity index (χ3v) is 3.85. The summed E-state index contributed by atoms with van der Waals surface area (Å²) < 4.78 is 0. The summed E-state index contributed by atoms with van der Waals surface area (Å²) in [6, 6.07) is 6.64. The van der Waals surface area contributed by atoms with Crippen LogP contribution in [0.2, 0.25) is 0 Å². The van der Waals surface area contributed by atoms with Crippen molar-refractivity contribution >= 4 is 17.8 Å². The molecule has 6 heteroatoms. The van der Waals surface area contributed by atoms with Crippen LogP contribution in [0.4, 0.5) is 4.79 Å². The fourth-order valence-corrected chi connectivity index (χ4v) is 2.02. The molecule has 1 heterocycles. The van der Waals surface area contributed by atoms with Crippen LogP contribution in [0.15, 0.2) is 24.3 Å². The Balaban J connectivity index is 1.99. The summed E-state index contributed by atoms with van der Waals surface area (Å²) in [6.07, 6.45) is 0. The molecule has 0 bridgehead atoms. The standard InChI is InChI=1S/C16H21N3O3/c1-10(2)11(3)18-15(21)13-6-4-12(5-7-13)9-19-14(20)8-17-16(19)22/h4-7,10-11H,8-9H2,1-3H3,(H,17,22)(H,18,21). The normalized spacial score (nSPS) is 15.9. The van der Waals surface area contributed by atoms with Gasteiger partial charge in [-0.2, -0.15) is 0 Å². The Kier molecular flexibility index (Phi) is 4.80. The second-order valence-electron chi connectivity index (χ2n) is 5.84. The Morgan fingerprint density at radius 2 is 1.86 bits per heavy atom. The van der Waals surface area contributed by atoms with Crippen LogP contribution in [-0.2, 0) is 11.3 Å². The van der Waals surface area contributed by atoms with Crippen LogP contribution in [0.3, 0.4) is 0 Å². The lowest BCUT2D eigenvalue weighted by Crippen LogP contribution is -2.36. The molecule has 2 rings (SSSR count). The van der Waals surface area contributed by atoms with E-state index in [0.29, 0.717) is 11.5 Å². The largest absolute Gasteiger partial charge is 0.349 e. The van der Waals surface area contributed by atoms with Crippen molar-refractivity contribution in [1.29, 1.82) is 0 Å². The van der Waals surface area contributed by atoms with Crippen LogP contribution in [0.25, 0.3) is 0 Å². The summed E-state index contributed by atoms with van der Waals surface area (Å²) >= 11 is 0. The minimum Gasteiger partial charge on any atom is -0.349 e. The van der Waals surface area contributed by atoms with Crippen molar-refractivity contribution in [2.24, 2.45) is 5.92 Å². The van der Waals surface area contributed by atoms with Crippen LogP contribution in [-0.4, -0.2) is 35.3 Å². The summed E-state index contributed by atoms with van der Waals surface area (Å²) in [4.78, 5) is 36.2. The molecular weight excluding hydrogens is 282 g/mol. The smallest absolute Gasteiger partial charge is 0.324 e. The molecule has 1 aromatic carbocycles. The van der Waals surface area contributed by atoms with E-state index >= 15 is 0 Å². The Morgan fingerprint density at radius 3 is 2.36 bits per heavy atom. The van der Waals surface area contributed by atoms with Gasteiger partial charge in [0.25, 0.3) is 5.91 Å². The number of imide groups is 1. The maximum absolute atomic E-state index is 12.1. The summed E-state index contributed by atoms with van der Waals surface area (Å²) in [5.74, 6) is 0.00299. The molecule has 1 unspecified atom stereocenters. The first-order valence-corrected chi connectivity index (χ1v) is 7.36. The monoisotopic (exact) mass is 303 g/mol. The van der Waals surface area contributed by atoms with E-state index in [0.717, 1.165) is 10.5 Å². The predicted octanol–water partition coefficient (Wildman–Crippen LogP) is 1.51. The molecule has 4 amide bonds. The van der Waals surface area contributed by atoms with Gasteiger partial charge >= 0.3 is 6.03 Å². The fraction of sp³-hybridized carbons (Fsp3) is 0.438. The first kappa shape index (κ1) is 16.0. The molecule has 1 saturated heterocycles. The average molecular weight is 303 g/mol. The number of carbonyl (C=O) groups is 3. The zero-order chi connectivity index (χ0) is 16.3. The maximum atomic E-state index is 12.1. The first-order valence-electron chi connectivity index (χ1n) is 7.36. The van der Waals surface area contributed by atoms with Gasteiger partial charge in [0.15, 0.2) is 0 Å². The van der Waals surface area contributed by atoms with Gasteiger partial charge in [0.1, 0.15) is 0 Å². The maximum Gasteiger partial charge on any atom is 0.324 e. The Labute approximate surface area is 129 Å². The molecule has 2 N–H and O–H groups in total. The molecule has 6 nitrogen and oxygen atoms in total. The number of urea groups is 1. The van der Waals surface area contributed by atoms with Crippen molar-refractivity contribution in [3.05, 3.63) is 35.4 Å². The molecule has 1 aliphatic rings. The highest BCUT2D eigenvalue weighted by molar-refractivity contribution is 6.01.